The van der Waals surface area contributed by atoms with Gasteiger partial charge in [-0.15, -0.1) is 11.6 Å². The van der Waals surface area contributed by atoms with Gasteiger partial charge in [0.25, 0.3) is 0 Å². The molecule has 0 radical (unpaired) electrons. The van der Waals surface area contributed by atoms with Gasteiger partial charge < -0.3 is 0 Å². The predicted octanol–water partition coefficient (Wildman–Crippen LogP) is 2.56. The van der Waals surface area contributed by atoms with Gasteiger partial charge in [0.05, 0.1) is 5.38 Å². The van der Waals surface area contributed by atoms with Crippen LogP contribution in [0.25, 0.3) is 0 Å². The standard InChI is InChI=1S/C5H8BrCl/c1-2-3-5(7)4-6/h2-3,5H,4H2,1H3. The molecule has 0 aliphatic rings. The molecule has 0 fully saturated rings. The summed E-state index contributed by atoms with van der Waals surface area (Å²) in [6.07, 6.45) is 3.88. The van der Waals surface area contributed by atoms with Gasteiger partial charge >= 0.3 is 0 Å². The molecule has 42 valence electrons. The van der Waals surface area contributed by atoms with Crippen LogP contribution in [-0.4, -0.2) is 10.7 Å². The molecule has 0 nitrogen and oxygen atoms in total. The van der Waals surface area contributed by atoms with E-state index in [1.807, 2.05) is 19.1 Å². The Balaban J connectivity index is 3.16. The Bertz CT molecular complexity index is 61.1. The molecule has 0 aromatic rings. The lowest BCUT2D eigenvalue weighted by Crippen LogP contribution is -1.91. The Morgan fingerprint density at radius 3 is 2.57 bits per heavy atom. The summed E-state index contributed by atoms with van der Waals surface area (Å²) in [7, 11) is 0. The highest BCUT2D eigenvalue weighted by Gasteiger charge is 1.90. The third-order valence-electron chi connectivity index (χ3n) is 0.549. The molecule has 1 atom stereocenters. The Labute approximate surface area is 57.7 Å². The normalized spacial score (nSPS) is 15.3. The quantitative estimate of drug-likeness (QED) is 0.456. The zero-order valence-electron chi connectivity index (χ0n) is 4.20. The van der Waals surface area contributed by atoms with Crippen LogP contribution >= 0.6 is 27.5 Å². The monoisotopic (exact) mass is 182 g/mol. The summed E-state index contributed by atoms with van der Waals surface area (Å²) in [6, 6.07) is 0. The number of hydrogen-bond acceptors (Lipinski definition) is 0. The van der Waals surface area contributed by atoms with Crippen molar-refractivity contribution in [3.63, 3.8) is 0 Å². The molecule has 0 heterocycles. The SMILES string of the molecule is CC=CC(Cl)CBr. The average molecular weight is 183 g/mol. The Morgan fingerprint density at radius 2 is 2.43 bits per heavy atom. The lowest BCUT2D eigenvalue weighted by atomic mass is 10.4. The van der Waals surface area contributed by atoms with Gasteiger partial charge in [0.2, 0.25) is 0 Å². The van der Waals surface area contributed by atoms with Crippen molar-refractivity contribution in [1.82, 2.24) is 0 Å². The van der Waals surface area contributed by atoms with E-state index in [-0.39, 0.29) is 5.38 Å². The molecule has 7 heavy (non-hydrogen) atoms. The summed E-state index contributed by atoms with van der Waals surface area (Å²) in [5.41, 5.74) is 0. The van der Waals surface area contributed by atoms with Gasteiger partial charge in [0.1, 0.15) is 0 Å². The molecule has 1 unspecified atom stereocenters. The number of hydrogen-bond donors (Lipinski definition) is 0. The molecule has 0 bridgehead atoms. The molecule has 0 spiro atoms. The summed E-state index contributed by atoms with van der Waals surface area (Å²) in [5, 5.41) is 0.990. The van der Waals surface area contributed by atoms with Gasteiger partial charge in [0.15, 0.2) is 0 Å². The molecular weight excluding hydrogens is 175 g/mol. The van der Waals surface area contributed by atoms with Crippen molar-refractivity contribution in [2.45, 2.75) is 12.3 Å². The minimum absolute atomic E-state index is 0.157. The highest BCUT2D eigenvalue weighted by molar-refractivity contribution is 9.09. The van der Waals surface area contributed by atoms with Crippen molar-refractivity contribution in [3.05, 3.63) is 12.2 Å². The van der Waals surface area contributed by atoms with Gasteiger partial charge in [-0.2, -0.15) is 0 Å². The number of alkyl halides is 2. The molecule has 2 heteroatoms. The maximum absolute atomic E-state index is 5.63. The minimum Gasteiger partial charge on any atom is -0.118 e. The van der Waals surface area contributed by atoms with Crippen LogP contribution in [0.5, 0.6) is 0 Å². The van der Waals surface area contributed by atoms with Crippen LogP contribution in [-0.2, 0) is 0 Å². The Morgan fingerprint density at radius 1 is 1.86 bits per heavy atom. The summed E-state index contributed by atoms with van der Waals surface area (Å²) >= 11 is 8.86. The third-order valence-corrected chi connectivity index (χ3v) is 1.92. The second-order valence-electron chi connectivity index (χ2n) is 1.20. The van der Waals surface area contributed by atoms with E-state index in [9.17, 15) is 0 Å². The van der Waals surface area contributed by atoms with Crippen LogP contribution in [0.3, 0.4) is 0 Å². The van der Waals surface area contributed by atoms with E-state index in [2.05, 4.69) is 15.9 Å². The molecule has 0 aromatic heterocycles. The average Bonchev–Trinajstić information content (AvgIpc) is 1.68. The smallest absolute Gasteiger partial charge is 0.0612 e. The van der Waals surface area contributed by atoms with Crippen molar-refractivity contribution in [1.29, 1.82) is 0 Å². The van der Waals surface area contributed by atoms with E-state index in [4.69, 9.17) is 11.6 Å². The minimum atomic E-state index is 0.157. The molecule has 0 amide bonds. The van der Waals surface area contributed by atoms with E-state index >= 15 is 0 Å². The summed E-state index contributed by atoms with van der Waals surface area (Å²) in [4.78, 5) is 0. The number of allylic oxidation sites excluding steroid dienone is 2. The predicted molar refractivity (Wildman–Crippen MR) is 38.2 cm³/mol. The highest BCUT2D eigenvalue weighted by atomic mass is 79.9. The first-order valence-electron chi connectivity index (χ1n) is 2.14. The third kappa shape index (κ3) is 4.36. The van der Waals surface area contributed by atoms with Crippen molar-refractivity contribution in [2.24, 2.45) is 0 Å². The summed E-state index contributed by atoms with van der Waals surface area (Å²) in [6.45, 7) is 1.96. The van der Waals surface area contributed by atoms with Gasteiger partial charge in [-0.25, -0.2) is 0 Å². The molecule has 0 aromatic carbocycles. The topological polar surface area (TPSA) is 0 Å². The highest BCUT2D eigenvalue weighted by Crippen LogP contribution is 2.00. The summed E-state index contributed by atoms with van der Waals surface area (Å²) in [5.74, 6) is 0. The van der Waals surface area contributed by atoms with Crippen LogP contribution in [0.15, 0.2) is 12.2 Å². The van der Waals surface area contributed by atoms with Crippen LogP contribution in [0, 0.1) is 0 Å². The van der Waals surface area contributed by atoms with Gasteiger partial charge in [-0.3, -0.25) is 0 Å². The second kappa shape index (κ2) is 4.66. The first kappa shape index (κ1) is 7.51. The molecular formula is C5H8BrCl. The fourth-order valence-electron chi connectivity index (χ4n) is 0.260. The van der Waals surface area contributed by atoms with E-state index in [1.165, 1.54) is 0 Å². The van der Waals surface area contributed by atoms with Crippen LogP contribution in [0.2, 0.25) is 0 Å². The maximum atomic E-state index is 5.63. The van der Waals surface area contributed by atoms with Gasteiger partial charge in [-0.1, -0.05) is 28.1 Å². The van der Waals surface area contributed by atoms with E-state index in [0.717, 1.165) is 5.33 Å². The van der Waals surface area contributed by atoms with Crippen molar-refractivity contribution >= 4 is 27.5 Å². The van der Waals surface area contributed by atoms with E-state index < -0.39 is 0 Å². The van der Waals surface area contributed by atoms with Crippen LogP contribution < -0.4 is 0 Å². The number of halogens is 2. The van der Waals surface area contributed by atoms with Crippen molar-refractivity contribution in [3.8, 4) is 0 Å². The first-order valence-corrected chi connectivity index (χ1v) is 3.70. The molecule has 0 aliphatic heterocycles. The summed E-state index contributed by atoms with van der Waals surface area (Å²) < 4.78 is 0. The van der Waals surface area contributed by atoms with E-state index in [1.54, 1.807) is 0 Å². The zero-order chi connectivity index (χ0) is 5.70. The largest absolute Gasteiger partial charge is 0.118 e. The molecule has 0 N–H and O–H groups in total. The van der Waals surface area contributed by atoms with E-state index in [0.29, 0.717) is 0 Å². The Kier molecular flexibility index (Phi) is 5.00. The second-order valence-corrected chi connectivity index (χ2v) is 2.40. The fourth-order valence-corrected chi connectivity index (χ4v) is 0.622. The molecule has 0 rings (SSSR count). The van der Waals surface area contributed by atoms with Crippen LogP contribution in [0.1, 0.15) is 6.92 Å². The first-order chi connectivity index (χ1) is 3.31. The van der Waals surface area contributed by atoms with Crippen molar-refractivity contribution < 1.29 is 0 Å². The zero-order valence-corrected chi connectivity index (χ0v) is 6.54. The lowest BCUT2D eigenvalue weighted by Gasteiger charge is -1.91. The fraction of sp³-hybridized carbons (Fsp3) is 0.600. The van der Waals surface area contributed by atoms with Gasteiger partial charge in [0, 0.05) is 5.33 Å². The molecule has 0 saturated heterocycles. The molecule has 0 saturated carbocycles. The van der Waals surface area contributed by atoms with Crippen molar-refractivity contribution in [2.75, 3.05) is 5.33 Å². The van der Waals surface area contributed by atoms with Gasteiger partial charge in [-0.05, 0) is 6.92 Å². The number of rotatable bonds is 2. The Hall–Kier alpha value is 0.510. The maximum Gasteiger partial charge on any atom is 0.0612 e. The van der Waals surface area contributed by atoms with Crippen LogP contribution in [0.4, 0.5) is 0 Å². The molecule has 0 aliphatic carbocycles. The lowest BCUT2D eigenvalue weighted by molar-refractivity contribution is 1.26.